The molecule has 4 nitrogen and oxygen atoms in total. The van der Waals surface area contributed by atoms with Gasteiger partial charge < -0.3 is 14.8 Å². The Labute approximate surface area is 198 Å². The van der Waals surface area contributed by atoms with E-state index in [1.54, 1.807) is 31.0 Å². The van der Waals surface area contributed by atoms with Crippen molar-refractivity contribution < 1.29 is 14.3 Å². The molecule has 1 N–H and O–H groups in total. The number of methoxy groups -OCH3 is 1. The molecule has 166 valence electrons. The number of benzene rings is 4. The largest absolute Gasteiger partial charge is 0.496 e. The topological polar surface area (TPSA) is 47.6 Å². The molecule has 0 aromatic heterocycles. The summed E-state index contributed by atoms with van der Waals surface area (Å²) in [6, 6.07) is 31.1. The van der Waals surface area contributed by atoms with Gasteiger partial charge in [-0.2, -0.15) is 0 Å². The van der Waals surface area contributed by atoms with E-state index in [1.807, 2.05) is 91.9 Å². The van der Waals surface area contributed by atoms with Gasteiger partial charge >= 0.3 is 0 Å². The van der Waals surface area contributed by atoms with E-state index in [2.05, 4.69) is 5.32 Å². The van der Waals surface area contributed by atoms with Crippen LogP contribution in [0.1, 0.15) is 21.5 Å². The van der Waals surface area contributed by atoms with E-state index in [9.17, 15) is 4.79 Å². The number of carbonyl (C=O) groups is 1. The Kier molecular flexibility index (Phi) is 7.33. The summed E-state index contributed by atoms with van der Waals surface area (Å²) < 4.78 is 11.4. The summed E-state index contributed by atoms with van der Waals surface area (Å²) in [5.74, 6) is 1.26. The van der Waals surface area contributed by atoms with Crippen molar-refractivity contribution in [2.75, 3.05) is 12.4 Å². The average Bonchev–Trinajstić information content (AvgIpc) is 2.85. The van der Waals surface area contributed by atoms with E-state index in [-0.39, 0.29) is 5.91 Å². The standard InChI is InChI=1S/C28H25NO3S/c1-20-12-15-23(16-13-20)32-19-22-18-21(14-17-26(22)31-2)28(30)29-25-10-6-7-11-27(25)33-24-8-4-3-5-9-24/h3-18H,19H2,1-2H3,(H,29,30). The molecule has 0 saturated carbocycles. The minimum Gasteiger partial charge on any atom is -0.496 e. The minimum atomic E-state index is -0.185. The molecular weight excluding hydrogens is 430 g/mol. The van der Waals surface area contributed by atoms with Crippen LogP contribution in [0.25, 0.3) is 0 Å². The average molecular weight is 456 g/mol. The van der Waals surface area contributed by atoms with Gasteiger partial charge in [-0.25, -0.2) is 0 Å². The van der Waals surface area contributed by atoms with Crippen molar-refractivity contribution in [2.24, 2.45) is 0 Å². The number of rotatable bonds is 8. The fourth-order valence-corrected chi connectivity index (χ4v) is 4.22. The highest BCUT2D eigenvalue weighted by Gasteiger charge is 2.13. The van der Waals surface area contributed by atoms with Crippen LogP contribution in [-0.2, 0) is 6.61 Å². The number of ether oxygens (including phenoxy) is 2. The zero-order valence-corrected chi connectivity index (χ0v) is 19.4. The number of hydrogen-bond acceptors (Lipinski definition) is 4. The second-order valence-electron chi connectivity index (χ2n) is 7.49. The quantitative estimate of drug-likeness (QED) is 0.311. The van der Waals surface area contributed by atoms with Crippen LogP contribution in [-0.4, -0.2) is 13.0 Å². The van der Waals surface area contributed by atoms with E-state index >= 15 is 0 Å². The molecule has 0 aliphatic rings. The maximum Gasteiger partial charge on any atom is 0.255 e. The van der Waals surface area contributed by atoms with Crippen LogP contribution < -0.4 is 14.8 Å². The molecule has 0 aliphatic heterocycles. The highest BCUT2D eigenvalue weighted by Crippen LogP contribution is 2.33. The third kappa shape index (κ3) is 5.96. The summed E-state index contributed by atoms with van der Waals surface area (Å²) in [4.78, 5) is 15.2. The number of amides is 1. The Bertz CT molecular complexity index is 1220. The van der Waals surface area contributed by atoms with Gasteiger partial charge in [-0.15, -0.1) is 0 Å². The molecule has 0 spiro atoms. The van der Waals surface area contributed by atoms with Crippen LogP contribution in [0.2, 0.25) is 0 Å². The molecule has 4 aromatic carbocycles. The third-order valence-corrected chi connectivity index (χ3v) is 6.15. The molecule has 0 heterocycles. The lowest BCUT2D eigenvalue weighted by Crippen LogP contribution is -2.13. The molecule has 0 radical (unpaired) electrons. The van der Waals surface area contributed by atoms with E-state index in [0.29, 0.717) is 17.9 Å². The Morgan fingerprint density at radius 2 is 1.61 bits per heavy atom. The second-order valence-corrected chi connectivity index (χ2v) is 8.61. The number of carbonyl (C=O) groups excluding carboxylic acids is 1. The maximum atomic E-state index is 13.1. The number of hydrogen-bond donors (Lipinski definition) is 1. The Morgan fingerprint density at radius 1 is 0.879 bits per heavy atom. The third-order valence-electron chi connectivity index (χ3n) is 5.06. The Hall–Kier alpha value is -3.70. The predicted octanol–water partition coefficient (Wildman–Crippen LogP) is 6.99. The molecule has 0 atom stereocenters. The van der Waals surface area contributed by atoms with Gasteiger partial charge in [0.25, 0.3) is 5.91 Å². The van der Waals surface area contributed by atoms with E-state index in [4.69, 9.17) is 9.47 Å². The minimum absolute atomic E-state index is 0.185. The maximum absolute atomic E-state index is 13.1. The highest BCUT2D eigenvalue weighted by atomic mass is 32.2. The number of nitrogens with one attached hydrogen (secondary N) is 1. The molecule has 4 aromatic rings. The smallest absolute Gasteiger partial charge is 0.255 e. The number of aryl methyl sites for hydroxylation is 1. The van der Waals surface area contributed by atoms with Gasteiger partial charge in [0.05, 0.1) is 12.8 Å². The summed E-state index contributed by atoms with van der Waals surface area (Å²) in [5.41, 5.74) is 3.28. The number of para-hydroxylation sites is 1. The summed E-state index contributed by atoms with van der Waals surface area (Å²) in [6.07, 6.45) is 0. The fraction of sp³-hybridized carbons (Fsp3) is 0.107. The van der Waals surface area contributed by atoms with Gasteiger partial charge in [-0.05, 0) is 61.5 Å². The SMILES string of the molecule is COc1ccc(C(=O)Nc2ccccc2Sc2ccccc2)cc1COc1ccc(C)cc1. The van der Waals surface area contributed by atoms with Crippen molar-refractivity contribution in [3.8, 4) is 11.5 Å². The van der Waals surface area contributed by atoms with Crippen LogP contribution in [0, 0.1) is 6.92 Å². The molecule has 33 heavy (non-hydrogen) atoms. The van der Waals surface area contributed by atoms with Crippen molar-refractivity contribution in [3.63, 3.8) is 0 Å². The molecule has 0 saturated heterocycles. The van der Waals surface area contributed by atoms with Crippen LogP contribution in [0.15, 0.2) is 107 Å². The highest BCUT2D eigenvalue weighted by molar-refractivity contribution is 7.99. The molecule has 0 fully saturated rings. The lowest BCUT2D eigenvalue weighted by molar-refractivity contribution is 0.102. The van der Waals surface area contributed by atoms with E-state index in [1.165, 1.54) is 5.56 Å². The Morgan fingerprint density at radius 3 is 2.36 bits per heavy atom. The molecule has 0 bridgehead atoms. The van der Waals surface area contributed by atoms with Crippen LogP contribution in [0.5, 0.6) is 11.5 Å². The van der Waals surface area contributed by atoms with Crippen LogP contribution >= 0.6 is 11.8 Å². The molecule has 0 unspecified atom stereocenters. The zero-order valence-electron chi connectivity index (χ0n) is 18.6. The van der Waals surface area contributed by atoms with Crippen molar-refractivity contribution in [3.05, 3.63) is 114 Å². The van der Waals surface area contributed by atoms with Gasteiger partial charge in [0.15, 0.2) is 0 Å². The predicted molar refractivity (Wildman–Crippen MR) is 133 cm³/mol. The van der Waals surface area contributed by atoms with Gasteiger partial charge in [-0.1, -0.05) is 59.8 Å². The first kappa shape index (κ1) is 22.5. The summed E-state index contributed by atoms with van der Waals surface area (Å²) in [6.45, 7) is 2.33. The zero-order chi connectivity index (χ0) is 23.0. The summed E-state index contributed by atoms with van der Waals surface area (Å²) in [7, 11) is 1.61. The van der Waals surface area contributed by atoms with Gasteiger partial charge in [0, 0.05) is 20.9 Å². The van der Waals surface area contributed by atoms with Crippen molar-refractivity contribution >= 4 is 23.4 Å². The summed E-state index contributed by atoms with van der Waals surface area (Å²) >= 11 is 1.61. The lowest BCUT2D eigenvalue weighted by atomic mass is 10.1. The van der Waals surface area contributed by atoms with Crippen LogP contribution in [0.3, 0.4) is 0 Å². The normalized spacial score (nSPS) is 10.5. The molecule has 4 rings (SSSR count). The molecule has 0 aliphatic carbocycles. The Balaban J connectivity index is 1.50. The lowest BCUT2D eigenvalue weighted by Gasteiger charge is -2.14. The summed E-state index contributed by atoms with van der Waals surface area (Å²) in [5, 5.41) is 3.05. The van der Waals surface area contributed by atoms with Crippen molar-refractivity contribution in [2.45, 2.75) is 23.3 Å². The van der Waals surface area contributed by atoms with Crippen LogP contribution in [0.4, 0.5) is 5.69 Å². The van der Waals surface area contributed by atoms with Crippen molar-refractivity contribution in [1.29, 1.82) is 0 Å². The van der Waals surface area contributed by atoms with Gasteiger partial charge in [0.2, 0.25) is 0 Å². The number of anilines is 1. The van der Waals surface area contributed by atoms with Crippen molar-refractivity contribution in [1.82, 2.24) is 0 Å². The molecular formula is C28H25NO3S. The van der Waals surface area contributed by atoms with E-state index in [0.717, 1.165) is 26.8 Å². The molecule has 5 heteroatoms. The van der Waals surface area contributed by atoms with Gasteiger partial charge in [-0.3, -0.25) is 4.79 Å². The monoisotopic (exact) mass is 455 g/mol. The first-order valence-corrected chi connectivity index (χ1v) is 11.4. The molecule has 1 amide bonds. The van der Waals surface area contributed by atoms with Gasteiger partial charge in [0.1, 0.15) is 18.1 Å². The first-order valence-electron chi connectivity index (χ1n) is 10.6. The second kappa shape index (κ2) is 10.7. The first-order chi connectivity index (χ1) is 16.1. The van der Waals surface area contributed by atoms with E-state index < -0.39 is 0 Å². The fourth-order valence-electron chi connectivity index (χ4n) is 3.30.